The van der Waals surface area contributed by atoms with Crippen LogP contribution in [0.15, 0.2) is 0 Å². The largest absolute Gasteiger partial charge is 0.330 e. The van der Waals surface area contributed by atoms with Gasteiger partial charge >= 0.3 is 0 Å². The van der Waals surface area contributed by atoms with Gasteiger partial charge in [0.05, 0.1) is 6.54 Å². The van der Waals surface area contributed by atoms with Crippen LogP contribution in [0, 0.1) is 5.92 Å². The van der Waals surface area contributed by atoms with Crippen molar-refractivity contribution in [3.05, 3.63) is 0 Å². The first-order valence-electron chi connectivity index (χ1n) is 7.86. The van der Waals surface area contributed by atoms with Crippen LogP contribution in [0.5, 0.6) is 0 Å². The number of rotatable bonds is 6. The van der Waals surface area contributed by atoms with Crippen LogP contribution in [-0.2, 0) is 9.59 Å². The van der Waals surface area contributed by atoms with Gasteiger partial charge in [0.1, 0.15) is 6.04 Å². The van der Waals surface area contributed by atoms with E-state index in [4.69, 9.17) is 0 Å². The van der Waals surface area contributed by atoms with Crippen molar-refractivity contribution in [1.29, 1.82) is 0 Å². The summed E-state index contributed by atoms with van der Waals surface area (Å²) >= 11 is 0. The molecule has 2 heterocycles. The standard InChI is InChI=1S/C15H27N3O2/c1-4-7-16-12(11(2)3)9-17-10-14(19)18-8-5-6-13(18)15(17)20/h11-13,16H,4-10H2,1-3H3. The van der Waals surface area contributed by atoms with E-state index in [1.54, 1.807) is 9.80 Å². The molecule has 5 heteroatoms. The summed E-state index contributed by atoms with van der Waals surface area (Å²) < 4.78 is 0. The molecule has 0 aromatic rings. The van der Waals surface area contributed by atoms with Gasteiger partial charge < -0.3 is 15.1 Å². The topological polar surface area (TPSA) is 52.7 Å². The van der Waals surface area contributed by atoms with Crippen LogP contribution in [0.2, 0.25) is 0 Å². The third-order valence-electron chi connectivity index (χ3n) is 4.37. The summed E-state index contributed by atoms with van der Waals surface area (Å²) in [5, 5.41) is 3.49. The number of carbonyl (C=O) groups is 2. The Morgan fingerprint density at radius 1 is 1.35 bits per heavy atom. The van der Waals surface area contributed by atoms with Gasteiger partial charge in [-0.1, -0.05) is 20.8 Å². The van der Waals surface area contributed by atoms with Crippen LogP contribution >= 0.6 is 0 Å². The Bertz CT molecular complexity index is 370. The molecule has 2 rings (SSSR count). The summed E-state index contributed by atoms with van der Waals surface area (Å²) in [5.41, 5.74) is 0. The Labute approximate surface area is 121 Å². The molecule has 2 saturated heterocycles. The van der Waals surface area contributed by atoms with Crippen molar-refractivity contribution in [3.63, 3.8) is 0 Å². The first-order valence-corrected chi connectivity index (χ1v) is 7.86. The molecule has 2 amide bonds. The lowest BCUT2D eigenvalue weighted by Crippen LogP contribution is -2.60. The lowest BCUT2D eigenvalue weighted by molar-refractivity contribution is -0.154. The number of piperazine rings is 1. The summed E-state index contributed by atoms with van der Waals surface area (Å²) in [6, 6.07) is 0.0786. The molecule has 20 heavy (non-hydrogen) atoms. The molecule has 0 aromatic carbocycles. The number of amides is 2. The minimum atomic E-state index is -0.185. The van der Waals surface area contributed by atoms with Gasteiger partial charge in [0.15, 0.2) is 0 Å². The van der Waals surface area contributed by atoms with E-state index in [0.717, 1.165) is 32.4 Å². The predicted octanol–water partition coefficient (Wildman–Crippen LogP) is 0.844. The Hall–Kier alpha value is -1.10. The molecule has 0 radical (unpaired) electrons. The molecule has 2 atom stereocenters. The van der Waals surface area contributed by atoms with E-state index in [0.29, 0.717) is 12.5 Å². The lowest BCUT2D eigenvalue weighted by atomic mass is 10.0. The van der Waals surface area contributed by atoms with Gasteiger partial charge in [0.25, 0.3) is 0 Å². The molecule has 1 N–H and O–H groups in total. The number of fused-ring (bicyclic) bond motifs is 1. The van der Waals surface area contributed by atoms with Gasteiger partial charge in [-0.25, -0.2) is 0 Å². The van der Waals surface area contributed by atoms with E-state index in [1.807, 2.05) is 0 Å². The third-order valence-corrected chi connectivity index (χ3v) is 4.37. The highest BCUT2D eigenvalue weighted by atomic mass is 16.2. The van der Waals surface area contributed by atoms with Gasteiger partial charge in [0, 0.05) is 19.1 Å². The molecule has 0 bridgehead atoms. The summed E-state index contributed by atoms with van der Waals surface area (Å²) in [6.45, 7) is 9.06. The van der Waals surface area contributed by atoms with Crippen molar-refractivity contribution < 1.29 is 9.59 Å². The average Bonchev–Trinajstić information content (AvgIpc) is 2.89. The van der Waals surface area contributed by atoms with E-state index >= 15 is 0 Å². The molecule has 0 aromatic heterocycles. The smallest absolute Gasteiger partial charge is 0.245 e. The van der Waals surface area contributed by atoms with Crippen molar-refractivity contribution in [2.45, 2.75) is 52.1 Å². The SMILES string of the molecule is CCCNC(CN1CC(=O)N2CCCC2C1=O)C(C)C. The fourth-order valence-corrected chi connectivity index (χ4v) is 3.10. The zero-order valence-corrected chi connectivity index (χ0v) is 12.9. The highest BCUT2D eigenvalue weighted by molar-refractivity contribution is 5.95. The monoisotopic (exact) mass is 281 g/mol. The van der Waals surface area contributed by atoms with E-state index in [-0.39, 0.29) is 30.4 Å². The van der Waals surface area contributed by atoms with E-state index in [1.165, 1.54) is 0 Å². The summed E-state index contributed by atoms with van der Waals surface area (Å²) in [5.74, 6) is 0.710. The first-order chi connectivity index (χ1) is 9.54. The van der Waals surface area contributed by atoms with Crippen LogP contribution in [0.4, 0.5) is 0 Å². The van der Waals surface area contributed by atoms with Crippen LogP contribution < -0.4 is 5.32 Å². The van der Waals surface area contributed by atoms with Gasteiger partial charge in [0.2, 0.25) is 11.8 Å². The van der Waals surface area contributed by atoms with Gasteiger partial charge in [-0.2, -0.15) is 0 Å². The Kier molecular flexibility index (Phi) is 5.02. The minimum Gasteiger partial charge on any atom is -0.330 e. The maximum atomic E-state index is 12.5. The molecule has 2 aliphatic rings. The maximum absolute atomic E-state index is 12.5. The zero-order valence-electron chi connectivity index (χ0n) is 12.9. The highest BCUT2D eigenvalue weighted by Crippen LogP contribution is 2.24. The average molecular weight is 281 g/mol. The molecule has 114 valence electrons. The van der Waals surface area contributed by atoms with Gasteiger partial charge in [-0.05, 0) is 31.7 Å². The van der Waals surface area contributed by atoms with E-state index in [2.05, 4.69) is 26.1 Å². The fourth-order valence-electron chi connectivity index (χ4n) is 3.10. The van der Waals surface area contributed by atoms with E-state index in [9.17, 15) is 9.59 Å². The van der Waals surface area contributed by atoms with Crippen LogP contribution in [0.3, 0.4) is 0 Å². The Balaban J connectivity index is 2.00. The second-order valence-corrected chi connectivity index (χ2v) is 6.27. The van der Waals surface area contributed by atoms with Crippen LogP contribution in [0.1, 0.15) is 40.0 Å². The van der Waals surface area contributed by atoms with Crippen LogP contribution in [0.25, 0.3) is 0 Å². The molecule has 2 fully saturated rings. The molecule has 5 nitrogen and oxygen atoms in total. The maximum Gasteiger partial charge on any atom is 0.245 e. The fraction of sp³-hybridized carbons (Fsp3) is 0.867. The quantitative estimate of drug-likeness (QED) is 0.785. The zero-order chi connectivity index (χ0) is 14.7. The Morgan fingerprint density at radius 2 is 2.10 bits per heavy atom. The van der Waals surface area contributed by atoms with Crippen molar-refractivity contribution in [2.75, 3.05) is 26.2 Å². The predicted molar refractivity (Wildman–Crippen MR) is 78.2 cm³/mol. The lowest BCUT2D eigenvalue weighted by Gasteiger charge is -2.38. The second kappa shape index (κ2) is 6.57. The molecule has 0 aliphatic carbocycles. The molecule has 0 spiro atoms. The van der Waals surface area contributed by atoms with Crippen molar-refractivity contribution in [2.24, 2.45) is 5.92 Å². The van der Waals surface area contributed by atoms with E-state index < -0.39 is 0 Å². The molecule has 2 aliphatic heterocycles. The van der Waals surface area contributed by atoms with Gasteiger partial charge in [-0.15, -0.1) is 0 Å². The molecule has 0 saturated carbocycles. The third kappa shape index (κ3) is 3.14. The number of hydrogen-bond donors (Lipinski definition) is 1. The number of hydrogen-bond acceptors (Lipinski definition) is 3. The number of nitrogens with one attached hydrogen (secondary N) is 1. The normalized spacial score (nSPS) is 24.5. The van der Waals surface area contributed by atoms with Crippen molar-refractivity contribution in [1.82, 2.24) is 15.1 Å². The van der Waals surface area contributed by atoms with Gasteiger partial charge in [-0.3, -0.25) is 9.59 Å². The first kappa shape index (κ1) is 15.3. The molecule has 2 unspecified atom stereocenters. The van der Waals surface area contributed by atoms with Crippen LogP contribution in [-0.4, -0.2) is 59.9 Å². The summed E-state index contributed by atoms with van der Waals surface area (Å²) in [6.07, 6.45) is 2.86. The summed E-state index contributed by atoms with van der Waals surface area (Å²) in [7, 11) is 0. The van der Waals surface area contributed by atoms with Crippen molar-refractivity contribution >= 4 is 11.8 Å². The molecular formula is C15H27N3O2. The minimum absolute atomic E-state index is 0.116. The number of nitrogens with zero attached hydrogens (tertiary/aromatic N) is 2. The van der Waals surface area contributed by atoms with Crippen molar-refractivity contribution in [3.8, 4) is 0 Å². The number of carbonyl (C=O) groups excluding carboxylic acids is 2. The molecular weight excluding hydrogens is 254 g/mol. The Morgan fingerprint density at radius 3 is 2.75 bits per heavy atom. The highest BCUT2D eigenvalue weighted by Gasteiger charge is 2.42. The summed E-state index contributed by atoms with van der Waals surface area (Å²) in [4.78, 5) is 28.1. The second-order valence-electron chi connectivity index (χ2n) is 6.27.